The Morgan fingerprint density at radius 2 is 1.94 bits per heavy atom. The second-order valence-electron chi connectivity index (χ2n) is 3.73. The molecule has 0 aliphatic rings. The number of benzene rings is 1. The summed E-state index contributed by atoms with van der Waals surface area (Å²) in [6.45, 7) is 0. The van der Waals surface area contributed by atoms with Gasteiger partial charge in [0.2, 0.25) is 0 Å². The average Bonchev–Trinajstić information content (AvgIpc) is 2.81. The van der Waals surface area contributed by atoms with Crippen molar-refractivity contribution in [2.45, 2.75) is 19.3 Å². The quantitative estimate of drug-likeness (QED) is 0.844. The highest BCUT2D eigenvalue weighted by Gasteiger charge is 1.98. The standard InChI is InChI=1S/C13H13N3/c14-7-1-2-11-3-5-12(6-4-11)8-13-9-15-10-16-13/h3-6,9-10H,1-2,8H2,(H,15,16). The number of nitrogens with one attached hydrogen (secondary N) is 1. The van der Waals surface area contributed by atoms with Crippen molar-refractivity contribution in [3.8, 4) is 6.07 Å². The Hall–Kier alpha value is -2.08. The molecule has 0 amide bonds. The van der Waals surface area contributed by atoms with Crippen molar-refractivity contribution < 1.29 is 0 Å². The van der Waals surface area contributed by atoms with E-state index in [1.165, 1.54) is 11.1 Å². The molecule has 3 nitrogen and oxygen atoms in total. The van der Waals surface area contributed by atoms with E-state index >= 15 is 0 Å². The van der Waals surface area contributed by atoms with Crippen LogP contribution in [0.25, 0.3) is 0 Å². The molecule has 0 radical (unpaired) electrons. The number of nitrogens with zero attached hydrogens (tertiary/aromatic N) is 2. The predicted molar refractivity (Wildman–Crippen MR) is 61.8 cm³/mol. The molecule has 0 aliphatic heterocycles. The number of H-pyrrole nitrogens is 1. The molecule has 3 heteroatoms. The molecular formula is C13H13N3. The maximum Gasteiger partial charge on any atom is 0.0921 e. The Balaban J connectivity index is 2.00. The molecule has 0 saturated heterocycles. The Labute approximate surface area is 94.8 Å². The van der Waals surface area contributed by atoms with Crippen LogP contribution in [0.5, 0.6) is 0 Å². The molecule has 16 heavy (non-hydrogen) atoms. The van der Waals surface area contributed by atoms with Crippen molar-refractivity contribution >= 4 is 0 Å². The van der Waals surface area contributed by atoms with Gasteiger partial charge in [0.05, 0.1) is 12.4 Å². The third-order valence-corrected chi connectivity index (χ3v) is 2.50. The first-order chi connectivity index (χ1) is 7.88. The lowest BCUT2D eigenvalue weighted by molar-refractivity contribution is 1.01. The molecule has 2 rings (SSSR count). The van der Waals surface area contributed by atoms with Crippen LogP contribution in [0.15, 0.2) is 36.8 Å². The van der Waals surface area contributed by atoms with Crippen molar-refractivity contribution in [3.63, 3.8) is 0 Å². The SMILES string of the molecule is N#CCCc1ccc(Cc2cnc[nH]2)cc1. The van der Waals surface area contributed by atoms with Crippen LogP contribution in [0, 0.1) is 11.3 Å². The zero-order valence-corrected chi connectivity index (χ0v) is 8.98. The minimum absolute atomic E-state index is 0.583. The molecule has 80 valence electrons. The van der Waals surface area contributed by atoms with Crippen LogP contribution >= 0.6 is 0 Å². The number of aryl methyl sites for hydroxylation is 1. The van der Waals surface area contributed by atoms with E-state index in [1.807, 2.05) is 6.20 Å². The van der Waals surface area contributed by atoms with Crippen molar-refractivity contribution in [2.75, 3.05) is 0 Å². The van der Waals surface area contributed by atoms with Crippen LogP contribution in [-0.4, -0.2) is 9.97 Å². The van der Waals surface area contributed by atoms with Crippen LogP contribution < -0.4 is 0 Å². The summed E-state index contributed by atoms with van der Waals surface area (Å²) in [5.74, 6) is 0. The monoisotopic (exact) mass is 211 g/mol. The molecular weight excluding hydrogens is 198 g/mol. The third-order valence-electron chi connectivity index (χ3n) is 2.50. The van der Waals surface area contributed by atoms with Gasteiger partial charge in [0, 0.05) is 24.7 Å². The molecule has 0 unspecified atom stereocenters. The second-order valence-corrected chi connectivity index (χ2v) is 3.73. The lowest BCUT2D eigenvalue weighted by Gasteiger charge is -2.01. The Morgan fingerprint density at radius 3 is 2.56 bits per heavy atom. The van der Waals surface area contributed by atoms with Crippen molar-refractivity contribution in [1.82, 2.24) is 9.97 Å². The van der Waals surface area contributed by atoms with E-state index < -0.39 is 0 Å². The Kier molecular flexibility index (Phi) is 3.35. The summed E-state index contributed by atoms with van der Waals surface area (Å²) < 4.78 is 0. The first-order valence-corrected chi connectivity index (χ1v) is 5.30. The van der Waals surface area contributed by atoms with Gasteiger partial charge in [0.15, 0.2) is 0 Å². The molecule has 1 aromatic heterocycles. The smallest absolute Gasteiger partial charge is 0.0921 e. The topological polar surface area (TPSA) is 52.5 Å². The summed E-state index contributed by atoms with van der Waals surface area (Å²) in [5, 5.41) is 8.49. The lowest BCUT2D eigenvalue weighted by Crippen LogP contribution is -1.89. The van der Waals surface area contributed by atoms with E-state index in [1.54, 1.807) is 6.33 Å². The molecule has 1 N–H and O–H groups in total. The fourth-order valence-corrected chi connectivity index (χ4v) is 1.63. The summed E-state index contributed by atoms with van der Waals surface area (Å²) >= 11 is 0. The van der Waals surface area contributed by atoms with Crippen LogP contribution in [-0.2, 0) is 12.8 Å². The van der Waals surface area contributed by atoms with Gasteiger partial charge >= 0.3 is 0 Å². The van der Waals surface area contributed by atoms with Crippen LogP contribution in [0.3, 0.4) is 0 Å². The highest BCUT2D eigenvalue weighted by atomic mass is 14.9. The number of aromatic amines is 1. The van der Waals surface area contributed by atoms with Gasteiger partial charge in [0.25, 0.3) is 0 Å². The molecule has 2 aromatic rings. The van der Waals surface area contributed by atoms with Crippen molar-refractivity contribution in [2.24, 2.45) is 0 Å². The van der Waals surface area contributed by atoms with E-state index in [9.17, 15) is 0 Å². The van der Waals surface area contributed by atoms with Crippen LogP contribution in [0.4, 0.5) is 0 Å². The zero-order valence-electron chi connectivity index (χ0n) is 8.98. The lowest BCUT2D eigenvalue weighted by atomic mass is 10.1. The van der Waals surface area contributed by atoms with Gasteiger partial charge in [-0.3, -0.25) is 0 Å². The van der Waals surface area contributed by atoms with Crippen molar-refractivity contribution in [3.05, 3.63) is 53.6 Å². The molecule has 0 aliphatic carbocycles. The van der Waals surface area contributed by atoms with Crippen LogP contribution in [0.2, 0.25) is 0 Å². The van der Waals surface area contributed by atoms with Crippen LogP contribution in [0.1, 0.15) is 23.2 Å². The second kappa shape index (κ2) is 5.13. The first-order valence-electron chi connectivity index (χ1n) is 5.30. The fourth-order valence-electron chi connectivity index (χ4n) is 1.63. The number of aromatic nitrogens is 2. The summed E-state index contributed by atoms with van der Waals surface area (Å²) in [4.78, 5) is 7.07. The highest BCUT2D eigenvalue weighted by molar-refractivity contribution is 5.25. The van der Waals surface area contributed by atoms with E-state index in [0.29, 0.717) is 6.42 Å². The summed E-state index contributed by atoms with van der Waals surface area (Å²) in [6, 6.07) is 10.5. The van der Waals surface area contributed by atoms with E-state index in [2.05, 4.69) is 40.3 Å². The van der Waals surface area contributed by atoms with Gasteiger partial charge in [-0.2, -0.15) is 5.26 Å². The predicted octanol–water partition coefficient (Wildman–Crippen LogP) is 2.46. The largest absolute Gasteiger partial charge is 0.348 e. The number of hydrogen-bond acceptors (Lipinski definition) is 2. The maximum atomic E-state index is 8.49. The van der Waals surface area contributed by atoms with E-state index in [-0.39, 0.29) is 0 Å². The fraction of sp³-hybridized carbons (Fsp3) is 0.231. The minimum Gasteiger partial charge on any atom is -0.348 e. The minimum atomic E-state index is 0.583. The van der Waals surface area contributed by atoms with Gasteiger partial charge in [-0.15, -0.1) is 0 Å². The first kappa shape index (κ1) is 10.4. The summed E-state index contributed by atoms with van der Waals surface area (Å²) in [5.41, 5.74) is 3.59. The molecule has 0 atom stereocenters. The number of imidazole rings is 1. The maximum absolute atomic E-state index is 8.49. The van der Waals surface area contributed by atoms with Gasteiger partial charge in [0.1, 0.15) is 0 Å². The average molecular weight is 211 g/mol. The highest BCUT2D eigenvalue weighted by Crippen LogP contribution is 2.09. The van der Waals surface area contributed by atoms with E-state index in [4.69, 9.17) is 5.26 Å². The van der Waals surface area contributed by atoms with Gasteiger partial charge in [-0.1, -0.05) is 24.3 Å². The van der Waals surface area contributed by atoms with Gasteiger partial charge < -0.3 is 4.98 Å². The van der Waals surface area contributed by atoms with Crippen molar-refractivity contribution in [1.29, 1.82) is 5.26 Å². The van der Waals surface area contributed by atoms with E-state index in [0.717, 1.165) is 18.5 Å². The normalized spacial score (nSPS) is 9.94. The Bertz CT molecular complexity index is 463. The molecule has 1 aromatic carbocycles. The molecule has 0 bridgehead atoms. The van der Waals surface area contributed by atoms with Gasteiger partial charge in [-0.25, -0.2) is 4.98 Å². The number of rotatable bonds is 4. The molecule has 1 heterocycles. The molecule has 0 fully saturated rings. The number of nitriles is 1. The zero-order chi connectivity index (χ0) is 11.2. The summed E-state index contributed by atoms with van der Waals surface area (Å²) in [6.07, 6.45) is 5.82. The third kappa shape index (κ3) is 2.71. The number of hydrogen-bond donors (Lipinski definition) is 1. The molecule has 0 spiro atoms. The summed E-state index contributed by atoms with van der Waals surface area (Å²) in [7, 11) is 0. The molecule has 0 saturated carbocycles. The Morgan fingerprint density at radius 1 is 1.19 bits per heavy atom. The van der Waals surface area contributed by atoms with Gasteiger partial charge in [-0.05, 0) is 17.5 Å².